The van der Waals surface area contributed by atoms with Crippen LogP contribution in [0.5, 0.6) is 0 Å². The average molecular weight is 356 g/mol. The van der Waals surface area contributed by atoms with Crippen LogP contribution in [0.2, 0.25) is 0 Å². The molecule has 1 amide bonds. The van der Waals surface area contributed by atoms with E-state index in [0.29, 0.717) is 19.2 Å². The lowest BCUT2D eigenvalue weighted by molar-refractivity contribution is -0.134. The molecule has 2 fully saturated rings. The SMILES string of the molecule is CCCCN1CCCCC1CNC(=O)C1CNCCO1.Cl.Cl. The summed E-state index contributed by atoms with van der Waals surface area (Å²) in [6.45, 7) is 7.45. The van der Waals surface area contributed by atoms with Crippen molar-refractivity contribution in [2.24, 2.45) is 0 Å². The van der Waals surface area contributed by atoms with Crippen molar-refractivity contribution in [3.63, 3.8) is 0 Å². The van der Waals surface area contributed by atoms with Gasteiger partial charge in [-0.15, -0.1) is 24.8 Å². The molecule has 2 rings (SSSR count). The minimum Gasteiger partial charge on any atom is -0.366 e. The molecular formula is C15H31Cl2N3O2. The maximum Gasteiger partial charge on any atom is 0.250 e. The molecule has 0 aromatic heterocycles. The standard InChI is InChI=1S/C15H29N3O2.2ClH/c1-2-3-8-18-9-5-4-6-13(18)11-17-15(19)14-12-16-7-10-20-14;;/h13-14,16H,2-12H2,1H3,(H,17,19);2*1H. The predicted octanol–water partition coefficient (Wildman–Crippen LogP) is 1.59. The molecule has 0 bridgehead atoms. The van der Waals surface area contributed by atoms with Gasteiger partial charge in [0.1, 0.15) is 6.10 Å². The summed E-state index contributed by atoms with van der Waals surface area (Å²) >= 11 is 0. The van der Waals surface area contributed by atoms with Gasteiger partial charge in [-0.3, -0.25) is 9.69 Å². The number of likely N-dealkylation sites (tertiary alicyclic amines) is 1. The van der Waals surface area contributed by atoms with Crippen LogP contribution in [0.3, 0.4) is 0 Å². The third-order valence-electron chi connectivity index (χ3n) is 4.28. The Balaban J connectivity index is 0.00000220. The van der Waals surface area contributed by atoms with Gasteiger partial charge in [-0.25, -0.2) is 0 Å². The third kappa shape index (κ3) is 7.01. The number of hydrogen-bond acceptors (Lipinski definition) is 4. The highest BCUT2D eigenvalue weighted by molar-refractivity contribution is 5.85. The van der Waals surface area contributed by atoms with Gasteiger partial charge in [0.25, 0.3) is 5.91 Å². The van der Waals surface area contributed by atoms with Crippen molar-refractivity contribution < 1.29 is 9.53 Å². The predicted molar refractivity (Wildman–Crippen MR) is 94.2 cm³/mol. The highest BCUT2D eigenvalue weighted by Gasteiger charge is 2.25. The van der Waals surface area contributed by atoms with Gasteiger partial charge in [0.05, 0.1) is 6.61 Å². The molecule has 0 spiro atoms. The molecule has 0 aromatic carbocycles. The quantitative estimate of drug-likeness (QED) is 0.759. The Labute approximate surface area is 146 Å². The number of halogens is 2. The molecule has 2 unspecified atom stereocenters. The molecule has 0 radical (unpaired) electrons. The number of carbonyl (C=O) groups is 1. The number of hydrogen-bond donors (Lipinski definition) is 2. The summed E-state index contributed by atoms with van der Waals surface area (Å²) in [6, 6.07) is 0.510. The van der Waals surface area contributed by atoms with Crippen LogP contribution in [0, 0.1) is 0 Å². The summed E-state index contributed by atoms with van der Waals surface area (Å²) < 4.78 is 5.48. The molecule has 0 aromatic rings. The number of unbranched alkanes of at least 4 members (excludes halogenated alkanes) is 1. The Morgan fingerprint density at radius 2 is 2.18 bits per heavy atom. The first kappa shape index (κ1) is 21.9. The molecule has 7 heteroatoms. The van der Waals surface area contributed by atoms with Gasteiger partial charge in [-0.1, -0.05) is 19.8 Å². The minimum absolute atomic E-state index is 0. The van der Waals surface area contributed by atoms with Crippen LogP contribution >= 0.6 is 24.8 Å². The van der Waals surface area contributed by atoms with E-state index in [1.54, 1.807) is 0 Å². The number of ether oxygens (including phenoxy) is 1. The van der Waals surface area contributed by atoms with Crippen molar-refractivity contribution in [1.82, 2.24) is 15.5 Å². The zero-order valence-corrected chi connectivity index (χ0v) is 15.1. The fraction of sp³-hybridized carbons (Fsp3) is 0.933. The molecule has 0 saturated carbocycles. The van der Waals surface area contributed by atoms with Gasteiger partial charge >= 0.3 is 0 Å². The highest BCUT2D eigenvalue weighted by atomic mass is 35.5. The van der Waals surface area contributed by atoms with E-state index in [-0.39, 0.29) is 36.8 Å². The first-order valence-electron chi connectivity index (χ1n) is 8.15. The topological polar surface area (TPSA) is 53.6 Å². The van der Waals surface area contributed by atoms with Gasteiger partial charge in [0.15, 0.2) is 0 Å². The summed E-state index contributed by atoms with van der Waals surface area (Å²) in [5.41, 5.74) is 0. The van der Waals surface area contributed by atoms with E-state index < -0.39 is 0 Å². The van der Waals surface area contributed by atoms with E-state index >= 15 is 0 Å². The largest absolute Gasteiger partial charge is 0.366 e. The second-order valence-corrected chi connectivity index (χ2v) is 5.85. The highest BCUT2D eigenvalue weighted by Crippen LogP contribution is 2.17. The number of nitrogens with zero attached hydrogens (tertiary/aromatic N) is 1. The van der Waals surface area contributed by atoms with E-state index in [2.05, 4.69) is 22.5 Å². The molecule has 2 atom stereocenters. The van der Waals surface area contributed by atoms with Crippen molar-refractivity contribution in [2.45, 2.75) is 51.2 Å². The van der Waals surface area contributed by atoms with E-state index in [4.69, 9.17) is 4.74 Å². The van der Waals surface area contributed by atoms with Crippen molar-refractivity contribution in [3.8, 4) is 0 Å². The Kier molecular flexibility index (Phi) is 12.3. The Morgan fingerprint density at radius 3 is 2.86 bits per heavy atom. The van der Waals surface area contributed by atoms with Gasteiger partial charge in [-0.05, 0) is 32.4 Å². The van der Waals surface area contributed by atoms with Crippen LogP contribution < -0.4 is 10.6 Å². The van der Waals surface area contributed by atoms with Crippen LogP contribution in [-0.2, 0) is 9.53 Å². The van der Waals surface area contributed by atoms with E-state index in [0.717, 1.165) is 13.1 Å². The molecule has 22 heavy (non-hydrogen) atoms. The lowest BCUT2D eigenvalue weighted by atomic mass is 10.0. The van der Waals surface area contributed by atoms with Gasteiger partial charge in [0, 0.05) is 25.7 Å². The van der Waals surface area contributed by atoms with E-state index in [9.17, 15) is 4.79 Å². The normalized spacial score (nSPS) is 25.7. The van der Waals surface area contributed by atoms with Crippen molar-refractivity contribution in [1.29, 1.82) is 0 Å². The molecule has 2 heterocycles. The van der Waals surface area contributed by atoms with Crippen LogP contribution in [-0.4, -0.2) is 62.3 Å². The third-order valence-corrected chi connectivity index (χ3v) is 4.28. The van der Waals surface area contributed by atoms with Crippen LogP contribution in [0.15, 0.2) is 0 Å². The Hall–Kier alpha value is -0.0700. The smallest absolute Gasteiger partial charge is 0.250 e. The van der Waals surface area contributed by atoms with Crippen molar-refractivity contribution in [3.05, 3.63) is 0 Å². The second-order valence-electron chi connectivity index (χ2n) is 5.85. The monoisotopic (exact) mass is 355 g/mol. The summed E-state index contributed by atoms with van der Waals surface area (Å²) in [6.07, 6.45) is 5.95. The first-order chi connectivity index (χ1) is 9.81. The van der Waals surface area contributed by atoms with Crippen molar-refractivity contribution >= 4 is 30.7 Å². The van der Waals surface area contributed by atoms with Gasteiger partial charge in [-0.2, -0.15) is 0 Å². The molecule has 132 valence electrons. The Bertz CT molecular complexity index is 303. The molecule has 2 aliphatic heterocycles. The maximum absolute atomic E-state index is 12.1. The minimum atomic E-state index is -0.309. The molecule has 2 saturated heterocycles. The average Bonchev–Trinajstić information content (AvgIpc) is 2.52. The number of rotatable bonds is 6. The summed E-state index contributed by atoms with van der Waals surface area (Å²) in [7, 11) is 0. The van der Waals surface area contributed by atoms with Gasteiger partial charge < -0.3 is 15.4 Å². The number of piperidine rings is 1. The number of amides is 1. The summed E-state index contributed by atoms with van der Waals surface area (Å²) in [5.74, 6) is 0.0400. The summed E-state index contributed by atoms with van der Waals surface area (Å²) in [4.78, 5) is 14.6. The number of morpholine rings is 1. The molecule has 0 aliphatic carbocycles. The zero-order valence-electron chi connectivity index (χ0n) is 13.5. The van der Waals surface area contributed by atoms with E-state index in [1.165, 1.54) is 45.2 Å². The Morgan fingerprint density at radius 1 is 1.36 bits per heavy atom. The zero-order chi connectivity index (χ0) is 14.2. The summed E-state index contributed by atoms with van der Waals surface area (Å²) in [5, 5.41) is 6.28. The molecule has 5 nitrogen and oxygen atoms in total. The maximum atomic E-state index is 12.1. The number of carbonyl (C=O) groups excluding carboxylic acids is 1. The fourth-order valence-corrected chi connectivity index (χ4v) is 3.01. The lowest BCUT2D eigenvalue weighted by Gasteiger charge is -2.36. The van der Waals surface area contributed by atoms with E-state index in [1.807, 2.05) is 0 Å². The molecular weight excluding hydrogens is 325 g/mol. The van der Waals surface area contributed by atoms with Crippen LogP contribution in [0.25, 0.3) is 0 Å². The lowest BCUT2D eigenvalue weighted by Crippen LogP contribution is -2.52. The van der Waals surface area contributed by atoms with Crippen molar-refractivity contribution in [2.75, 3.05) is 39.3 Å². The van der Waals surface area contributed by atoms with Crippen LogP contribution in [0.1, 0.15) is 39.0 Å². The van der Waals surface area contributed by atoms with Gasteiger partial charge in [0.2, 0.25) is 0 Å². The molecule has 2 N–H and O–H groups in total. The number of nitrogens with one attached hydrogen (secondary N) is 2. The first-order valence-corrected chi connectivity index (χ1v) is 8.15. The second kappa shape index (κ2) is 12.4. The fourth-order valence-electron chi connectivity index (χ4n) is 3.01. The van der Waals surface area contributed by atoms with Crippen LogP contribution in [0.4, 0.5) is 0 Å². The molecule has 2 aliphatic rings.